The molecule has 24 heavy (non-hydrogen) atoms. The molecule has 2 aromatic heterocycles. The van der Waals surface area contributed by atoms with E-state index in [1.165, 1.54) is 0 Å². The van der Waals surface area contributed by atoms with Crippen molar-refractivity contribution < 1.29 is 4.74 Å². The second kappa shape index (κ2) is 8.63. The van der Waals surface area contributed by atoms with Crippen LogP contribution in [-0.2, 0) is 11.3 Å². The lowest BCUT2D eigenvalue weighted by Gasteiger charge is -2.09. The number of nitrogens with zero attached hydrogens (tertiary/aromatic N) is 4. The van der Waals surface area contributed by atoms with Gasteiger partial charge in [-0.15, -0.1) is 12.4 Å². The van der Waals surface area contributed by atoms with Crippen molar-refractivity contribution in [2.45, 2.75) is 6.54 Å². The molecule has 0 radical (unpaired) electrons. The average molecular weight is 366 g/mol. The van der Waals surface area contributed by atoms with Crippen LogP contribution in [0.1, 0.15) is 0 Å². The van der Waals surface area contributed by atoms with Crippen LogP contribution in [0.25, 0.3) is 11.4 Å². The summed E-state index contributed by atoms with van der Waals surface area (Å²) in [6.45, 7) is 1.33. The van der Waals surface area contributed by atoms with Crippen molar-refractivity contribution in [2.24, 2.45) is 0 Å². The number of halogens is 2. The normalized spacial score (nSPS) is 10.2. The molecule has 0 bridgehead atoms. The Hall–Kier alpha value is -2.15. The Morgan fingerprint density at radius 3 is 2.96 bits per heavy atom. The van der Waals surface area contributed by atoms with Crippen LogP contribution in [0.5, 0.6) is 0 Å². The Labute approximate surface area is 151 Å². The summed E-state index contributed by atoms with van der Waals surface area (Å²) >= 11 is 5.99. The van der Waals surface area contributed by atoms with E-state index in [0.717, 1.165) is 17.1 Å². The van der Waals surface area contributed by atoms with Gasteiger partial charge in [-0.05, 0) is 24.3 Å². The van der Waals surface area contributed by atoms with Crippen molar-refractivity contribution in [1.29, 1.82) is 0 Å². The zero-order valence-corrected chi connectivity index (χ0v) is 14.6. The molecule has 126 valence electrons. The number of imidazole rings is 1. The van der Waals surface area contributed by atoms with E-state index in [1.54, 1.807) is 25.8 Å². The Morgan fingerprint density at radius 1 is 1.29 bits per heavy atom. The number of rotatable bonds is 6. The minimum atomic E-state index is 0. The highest BCUT2D eigenvalue weighted by atomic mass is 35.5. The molecule has 0 unspecified atom stereocenters. The summed E-state index contributed by atoms with van der Waals surface area (Å²) in [5, 5.41) is 3.80. The number of benzene rings is 1. The maximum atomic E-state index is 5.99. The van der Waals surface area contributed by atoms with Crippen LogP contribution >= 0.6 is 24.0 Å². The number of aromatic nitrogens is 4. The van der Waals surface area contributed by atoms with Gasteiger partial charge in [-0.2, -0.15) is 0 Å². The van der Waals surface area contributed by atoms with Crippen molar-refractivity contribution in [1.82, 2.24) is 19.5 Å². The van der Waals surface area contributed by atoms with E-state index in [9.17, 15) is 0 Å². The van der Waals surface area contributed by atoms with E-state index in [0.29, 0.717) is 24.1 Å². The minimum Gasteiger partial charge on any atom is -0.383 e. The highest BCUT2D eigenvalue weighted by Gasteiger charge is 2.08. The lowest BCUT2D eigenvalue weighted by atomic mass is 10.3. The van der Waals surface area contributed by atoms with E-state index >= 15 is 0 Å². The number of hydrogen-bond donors (Lipinski definition) is 1. The molecule has 0 fully saturated rings. The maximum absolute atomic E-state index is 5.99. The topological polar surface area (TPSA) is 64.9 Å². The molecule has 6 nitrogen and oxygen atoms in total. The second-order valence-corrected chi connectivity index (χ2v) is 5.30. The summed E-state index contributed by atoms with van der Waals surface area (Å²) < 4.78 is 7.11. The molecule has 0 atom stereocenters. The third-order valence-corrected chi connectivity index (χ3v) is 3.48. The first-order valence-electron chi connectivity index (χ1n) is 7.11. The van der Waals surface area contributed by atoms with E-state index in [2.05, 4.69) is 20.3 Å². The predicted molar refractivity (Wildman–Crippen MR) is 97.1 cm³/mol. The summed E-state index contributed by atoms with van der Waals surface area (Å²) in [4.78, 5) is 13.0. The number of hydrogen-bond acceptors (Lipinski definition) is 5. The largest absolute Gasteiger partial charge is 0.383 e. The molecule has 0 spiro atoms. The molecule has 1 aromatic carbocycles. The first-order valence-corrected chi connectivity index (χ1v) is 7.49. The van der Waals surface area contributed by atoms with Gasteiger partial charge in [-0.25, -0.2) is 15.0 Å². The molecule has 0 saturated heterocycles. The van der Waals surface area contributed by atoms with Crippen LogP contribution < -0.4 is 5.32 Å². The number of anilines is 2. The van der Waals surface area contributed by atoms with Crippen molar-refractivity contribution >= 4 is 35.6 Å². The van der Waals surface area contributed by atoms with Crippen LogP contribution in [0.4, 0.5) is 11.6 Å². The van der Waals surface area contributed by atoms with Gasteiger partial charge in [-0.3, -0.25) is 0 Å². The molecule has 2 heterocycles. The van der Waals surface area contributed by atoms with E-state index in [-0.39, 0.29) is 12.4 Å². The molecule has 0 saturated carbocycles. The Kier molecular flexibility index (Phi) is 6.54. The molecule has 0 amide bonds. The Morgan fingerprint density at radius 2 is 2.17 bits per heavy atom. The predicted octanol–water partition coefficient (Wildman–Crippen LogP) is 3.81. The first kappa shape index (κ1) is 18.2. The van der Waals surface area contributed by atoms with E-state index in [4.69, 9.17) is 16.3 Å². The first-order chi connectivity index (χ1) is 11.3. The monoisotopic (exact) mass is 365 g/mol. The van der Waals surface area contributed by atoms with Gasteiger partial charge in [0.1, 0.15) is 0 Å². The quantitative estimate of drug-likeness (QED) is 0.719. The standard InChI is InChI=1S/C16H16ClN5O.ClH/c1-23-8-7-22-11-18-10-15(22)14-5-6-19-16(21-14)20-13-4-2-3-12(17)9-13;/h2-6,9-11H,7-8H2,1H3,(H,19,20,21);1H. The molecular formula is C16H17Cl2N5O. The molecule has 3 rings (SSSR count). The lowest BCUT2D eigenvalue weighted by Crippen LogP contribution is -2.05. The minimum absolute atomic E-state index is 0. The second-order valence-electron chi connectivity index (χ2n) is 4.87. The van der Waals surface area contributed by atoms with Gasteiger partial charge in [-0.1, -0.05) is 17.7 Å². The van der Waals surface area contributed by atoms with Gasteiger partial charge < -0.3 is 14.6 Å². The van der Waals surface area contributed by atoms with Crippen LogP contribution in [0.2, 0.25) is 5.02 Å². The Balaban J connectivity index is 0.00000208. The lowest BCUT2D eigenvalue weighted by molar-refractivity contribution is 0.187. The summed E-state index contributed by atoms with van der Waals surface area (Å²) in [6, 6.07) is 9.27. The molecule has 0 aliphatic heterocycles. The van der Waals surface area contributed by atoms with Crippen LogP contribution in [-0.4, -0.2) is 33.2 Å². The fraction of sp³-hybridized carbons (Fsp3) is 0.188. The van der Waals surface area contributed by atoms with Crippen LogP contribution in [0.3, 0.4) is 0 Å². The summed E-state index contributed by atoms with van der Waals surface area (Å²) in [5.74, 6) is 0.504. The van der Waals surface area contributed by atoms with Crippen molar-refractivity contribution in [3.63, 3.8) is 0 Å². The number of methoxy groups -OCH3 is 1. The molecule has 0 aliphatic rings. The molecule has 8 heteroatoms. The SMILES string of the molecule is COCCn1cncc1-c1ccnc(Nc2cccc(Cl)c2)n1.Cl. The van der Waals surface area contributed by atoms with Crippen molar-refractivity contribution in [3.8, 4) is 11.4 Å². The van der Waals surface area contributed by atoms with Gasteiger partial charge in [0, 0.05) is 30.6 Å². The fourth-order valence-corrected chi connectivity index (χ4v) is 2.35. The van der Waals surface area contributed by atoms with Crippen LogP contribution in [0, 0.1) is 0 Å². The molecule has 3 aromatic rings. The highest BCUT2D eigenvalue weighted by molar-refractivity contribution is 6.30. The molecule has 0 aliphatic carbocycles. The number of ether oxygens (including phenoxy) is 1. The average Bonchev–Trinajstić information content (AvgIpc) is 3.01. The van der Waals surface area contributed by atoms with Crippen LogP contribution in [0.15, 0.2) is 49.1 Å². The third-order valence-electron chi connectivity index (χ3n) is 3.25. The summed E-state index contributed by atoms with van der Waals surface area (Å²) in [6.07, 6.45) is 5.25. The molecule has 1 N–H and O–H groups in total. The maximum Gasteiger partial charge on any atom is 0.227 e. The van der Waals surface area contributed by atoms with E-state index in [1.807, 2.05) is 34.9 Å². The fourth-order valence-electron chi connectivity index (χ4n) is 2.16. The summed E-state index contributed by atoms with van der Waals surface area (Å²) in [7, 11) is 1.67. The Bertz CT molecular complexity index is 793. The van der Waals surface area contributed by atoms with Gasteiger partial charge in [0.15, 0.2) is 0 Å². The van der Waals surface area contributed by atoms with Gasteiger partial charge in [0.25, 0.3) is 0 Å². The van der Waals surface area contributed by atoms with Gasteiger partial charge in [0.05, 0.1) is 30.5 Å². The number of nitrogens with one attached hydrogen (secondary N) is 1. The van der Waals surface area contributed by atoms with E-state index < -0.39 is 0 Å². The van der Waals surface area contributed by atoms with Gasteiger partial charge in [0.2, 0.25) is 5.95 Å². The zero-order chi connectivity index (χ0) is 16.1. The van der Waals surface area contributed by atoms with Crippen molar-refractivity contribution in [3.05, 3.63) is 54.1 Å². The molecular weight excluding hydrogens is 349 g/mol. The summed E-state index contributed by atoms with van der Waals surface area (Å²) in [5.41, 5.74) is 2.54. The smallest absolute Gasteiger partial charge is 0.227 e. The zero-order valence-electron chi connectivity index (χ0n) is 13.0. The van der Waals surface area contributed by atoms with Gasteiger partial charge >= 0.3 is 0 Å². The van der Waals surface area contributed by atoms with Crippen molar-refractivity contribution in [2.75, 3.05) is 19.0 Å². The third kappa shape index (κ3) is 4.44. The highest BCUT2D eigenvalue weighted by Crippen LogP contribution is 2.21.